The maximum Gasteiger partial charge on any atom is 0.226 e. The van der Waals surface area contributed by atoms with E-state index in [1.165, 1.54) is 11.3 Å². The number of thiazole rings is 1. The smallest absolute Gasteiger partial charge is 0.226 e. The molecule has 2 rings (SSSR count). The first-order valence-electron chi connectivity index (χ1n) is 6.30. The number of likely N-dealkylation sites (N-methyl/N-ethyl adjacent to an activating group) is 1. The van der Waals surface area contributed by atoms with Gasteiger partial charge in [0.1, 0.15) is 5.01 Å². The van der Waals surface area contributed by atoms with E-state index in [4.69, 9.17) is 11.6 Å². The Kier molecular flexibility index (Phi) is 5.90. The molecular formula is C14H15ClN2O2S2. The van der Waals surface area contributed by atoms with Crippen LogP contribution in [0.2, 0.25) is 5.02 Å². The summed E-state index contributed by atoms with van der Waals surface area (Å²) in [7, 11) is 0.519. The second-order valence-electron chi connectivity index (χ2n) is 4.40. The number of halogens is 1. The van der Waals surface area contributed by atoms with Crippen molar-refractivity contribution in [1.82, 2.24) is 10.3 Å². The molecule has 1 heterocycles. The second-order valence-corrected chi connectivity index (χ2v) is 7.21. The van der Waals surface area contributed by atoms with Crippen LogP contribution in [0.5, 0.6) is 0 Å². The highest BCUT2D eigenvalue weighted by molar-refractivity contribution is 7.83. The van der Waals surface area contributed by atoms with Crippen LogP contribution in [0.1, 0.15) is 16.3 Å². The lowest BCUT2D eigenvalue weighted by Crippen LogP contribution is -2.19. The minimum Gasteiger partial charge on any atom is -0.359 e. The third-order valence-electron chi connectivity index (χ3n) is 2.77. The van der Waals surface area contributed by atoms with Crippen molar-refractivity contribution in [1.29, 1.82) is 0 Å². The Bertz CT molecular complexity index is 658. The van der Waals surface area contributed by atoms with Crippen LogP contribution in [0.25, 0.3) is 0 Å². The van der Waals surface area contributed by atoms with Gasteiger partial charge in [-0.05, 0) is 11.6 Å². The Morgan fingerprint density at radius 1 is 1.38 bits per heavy atom. The number of hydrogen-bond acceptors (Lipinski definition) is 4. The lowest BCUT2D eigenvalue weighted by molar-refractivity contribution is -0.119. The largest absolute Gasteiger partial charge is 0.359 e. The zero-order chi connectivity index (χ0) is 15.2. The van der Waals surface area contributed by atoms with Gasteiger partial charge in [0.05, 0.1) is 23.6 Å². The van der Waals surface area contributed by atoms with Gasteiger partial charge in [-0.3, -0.25) is 9.00 Å². The lowest BCUT2D eigenvalue weighted by atomic mass is 10.2. The van der Waals surface area contributed by atoms with Gasteiger partial charge in [0.15, 0.2) is 0 Å². The van der Waals surface area contributed by atoms with E-state index in [1.54, 1.807) is 13.1 Å². The maximum atomic E-state index is 12.2. The fourth-order valence-corrected chi connectivity index (χ4v) is 4.09. The Morgan fingerprint density at radius 3 is 2.86 bits per heavy atom. The SMILES string of the molecule is CNC(=O)Cc1nc(C[S@](=O)Cc2ccccc2Cl)cs1. The van der Waals surface area contributed by atoms with Crippen molar-refractivity contribution in [2.24, 2.45) is 0 Å². The molecule has 0 radical (unpaired) electrons. The molecule has 1 N–H and O–H groups in total. The molecule has 0 aliphatic carbocycles. The van der Waals surface area contributed by atoms with Crippen LogP contribution < -0.4 is 5.32 Å². The molecule has 21 heavy (non-hydrogen) atoms. The molecule has 0 aliphatic heterocycles. The van der Waals surface area contributed by atoms with E-state index in [2.05, 4.69) is 10.3 Å². The number of rotatable bonds is 6. The minimum atomic E-state index is -1.07. The predicted molar refractivity (Wildman–Crippen MR) is 86.9 cm³/mol. The normalized spacial score (nSPS) is 12.1. The number of nitrogens with zero attached hydrogens (tertiary/aromatic N) is 1. The van der Waals surface area contributed by atoms with Crippen LogP contribution >= 0.6 is 22.9 Å². The van der Waals surface area contributed by atoms with Gasteiger partial charge < -0.3 is 5.32 Å². The molecule has 1 aromatic heterocycles. The first-order chi connectivity index (χ1) is 10.1. The summed E-state index contributed by atoms with van der Waals surface area (Å²) in [5.41, 5.74) is 1.63. The summed E-state index contributed by atoms with van der Waals surface area (Å²) in [5, 5.41) is 5.77. The molecule has 7 heteroatoms. The van der Waals surface area contributed by atoms with Crippen LogP contribution in [0.15, 0.2) is 29.6 Å². The third kappa shape index (κ3) is 4.91. The summed E-state index contributed by atoms with van der Waals surface area (Å²) < 4.78 is 12.2. The number of carbonyl (C=O) groups is 1. The summed E-state index contributed by atoms with van der Waals surface area (Å²) in [6, 6.07) is 7.39. The van der Waals surface area contributed by atoms with Crippen LogP contribution in [-0.4, -0.2) is 22.1 Å². The summed E-state index contributed by atoms with van der Waals surface area (Å²) in [6.07, 6.45) is 0.262. The van der Waals surface area contributed by atoms with Gasteiger partial charge in [0.25, 0.3) is 0 Å². The topological polar surface area (TPSA) is 59.1 Å². The van der Waals surface area contributed by atoms with Crippen molar-refractivity contribution >= 4 is 39.6 Å². The lowest BCUT2D eigenvalue weighted by Gasteiger charge is -2.03. The van der Waals surface area contributed by atoms with Crippen molar-refractivity contribution < 1.29 is 9.00 Å². The highest BCUT2D eigenvalue weighted by atomic mass is 35.5. The average molecular weight is 343 g/mol. The van der Waals surface area contributed by atoms with E-state index >= 15 is 0 Å². The van der Waals surface area contributed by atoms with E-state index in [1.807, 2.05) is 23.6 Å². The Labute approximate surface area is 135 Å². The van der Waals surface area contributed by atoms with Crippen molar-refractivity contribution in [2.45, 2.75) is 17.9 Å². The highest BCUT2D eigenvalue weighted by Gasteiger charge is 2.10. The summed E-state index contributed by atoms with van der Waals surface area (Å²) in [5.74, 6) is 0.699. The molecule has 4 nitrogen and oxygen atoms in total. The van der Waals surface area contributed by atoms with Gasteiger partial charge >= 0.3 is 0 Å². The molecular weight excluding hydrogens is 328 g/mol. The monoisotopic (exact) mass is 342 g/mol. The molecule has 0 aliphatic rings. The molecule has 0 bridgehead atoms. The Morgan fingerprint density at radius 2 is 2.14 bits per heavy atom. The molecule has 0 fully saturated rings. The second kappa shape index (κ2) is 7.68. The van der Waals surface area contributed by atoms with Gasteiger partial charge in [0, 0.05) is 28.2 Å². The van der Waals surface area contributed by atoms with Crippen molar-refractivity contribution in [3.05, 3.63) is 50.9 Å². The van der Waals surface area contributed by atoms with Gasteiger partial charge in [-0.1, -0.05) is 29.8 Å². The quantitative estimate of drug-likeness (QED) is 0.877. The Hall–Kier alpha value is -1.24. The van der Waals surface area contributed by atoms with Crippen molar-refractivity contribution in [3.8, 4) is 0 Å². The van der Waals surface area contributed by atoms with E-state index in [9.17, 15) is 9.00 Å². The van der Waals surface area contributed by atoms with Crippen LogP contribution in [0.3, 0.4) is 0 Å². The summed E-state index contributed by atoms with van der Waals surface area (Å²) in [6.45, 7) is 0. The highest BCUT2D eigenvalue weighted by Crippen LogP contribution is 2.19. The van der Waals surface area contributed by atoms with Crippen LogP contribution in [-0.2, 0) is 33.5 Å². The van der Waals surface area contributed by atoms with Crippen molar-refractivity contribution in [2.75, 3.05) is 7.05 Å². The van der Waals surface area contributed by atoms with Gasteiger partial charge in [-0.2, -0.15) is 0 Å². The summed E-state index contributed by atoms with van der Waals surface area (Å²) >= 11 is 7.47. The molecule has 112 valence electrons. The first-order valence-corrected chi connectivity index (χ1v) is 9.05. The van der Waals surface area contributed by atoms with Gasteiger partial charge in [0.2, 0.25) is 5.91 Å². The van der Waals surface area contributed by atoms with E-state index in [0.717, 1.165) is 16.3 Å². The molecule has 1 atom stereocenters. The average Bonchev–Trinajstić information content (AvgIpc) is 2.88. The third-order valence-corrected chi connectivity index (χ3v) is 5.29. The van der Waals surface area contributed by atoms with E-state index in [0.29, 0.717) is 16.5 Å². The molecule has 0 spiro atoms. The zero-order valence-electron chi connectivity index (χ0n) is 11.5. The minimum absolute atomic E-state index is 0.0758. The molecule has 0 unspecified atom stereocenters. The van der Waals surface area contributed by atoms with Gasteiger partial charge in [-0.25, -0.2) is 4.98 Å². The number of hydrogen-bond donors (Lipinski definition) is 1. The number of carbonyl (C=O) groups excluding carboxylic acids is 1. The Balaban J connectivity index is 1.94. The maximum absolute atomic E-state index is 12.2. The fourth-order valence-electron chi connectivity index (χ4n) is 1.73. The molecule has 1 amide bonds. The first kappa shape index (κ1) is 16.1. The van der Waals surface area contributed by atoms with E-state index < -0.39 is 10.8 Å². The molecule has 0 saturated heterocycles. The molecule has 0 saturated carbocycles. The molecule has 1 aromatic carbocycles. The standard InChI is InChI=1S/C14H15ClN2O2S2/c1-16-13(18)6-14-17-11(7-20-14)9-21(19)8-10-4-2-3-5-12(10)15/h2-5,7H,6,8-9H2,1H3,(H,16,18)/t21-/m1/s1. The predicted octanol–water partition coefficient (Wildman–Crippen LogP) is 2.53. The van der Waals surface area contributed by atoms with Crippen molar-refractivity contribution in [3.63, 3.8) is 0 Å². The summed E-state index contributed by atoms with van der Waals surface area (Å²) in [4.78, 5) is 15.6. The van der Waals surface area contributed by atoms with E-state index in [-0.39, 0.29) is 12.3 Å². The zero-order valence-corrected chi connectivity index (χ0v) is 13.9. The number of nitrogens with one attached hydrogen (secondary N) is 1. The fraction of sp³-hybridized carbons (Fsp3) is 0.286. The number of benzene rings is 1. The number of amides is 1. The number of aromatic nitrogens is 1. The molecule has 2 aromatic rings. The van der Waals surface area contributed by atoms with Gasteiger partial charge in [-0.15, -0.1) is 11.3 Å². The van der Waals surface area contributed by atoms with Crippen LogP contribution in [0, 0.1) is 0 Å². The van der Waals surface area contributed by atoms with Crippen LogP contribution in [0.4, 0.5) is 0 Å².